The van der Waals surface area contributed by atoms with Gasteiger partial charge in [-0.15, -0.1) is 0 Å². The van der Waals surface area contributed by atoms with Gasteiger partial charge in [-0.05, 0) is 5.92 Å². The third-order valence-corrected chi connectivity index (χ3v) is 4.08. The lowest BCUT2D eigenvalue weighted by Crippen LogP contribution is -2.25. The third kappa shape index (κ3) is 2.68. The first-order chi connectivity index (χ1) is 9.10. The molecule has 0 N–H and O–H groups in total. The van der Waals surface area contributed by atoms with Crippen LogP contribution in [0.15, 0.2) is 12.1 Å². The number of nitrogens with zero attached hydrogens (tertiary/aromatic N) is 1. The lowest BCUT2D eigenvalue weighted by Gasteiger charge is -2.20. The quantitative estimate of drug-likeness (QED) is 0.796. The molecule has 0 radical (unpaired) electrons. The van der Waals surface area contributed by atoms with Crippen LogP contribution in [0.4, 0.5) is 10.1 Å². The van der Waals surface area contributed by atoms with Crippen molar-refractivity contribution in [1.82, 2.24) is 0 Å². The van der Waals surface area contributed by atoms with Gasteiger partial charge in [0.1, 0.15) is 5.75 Å². The molecular weight excluding hydrogens is 317 g/mol. The molecule has 1 aromatic carbocycles. The van der Waals surface area contributed by atoms with E-state index in [1.165, 1.54) is 26.4 Å². The Hall–Kier alpha value is -1.30. The fourth-order valence-corrected chi connectivity index (χ4v) is 2.61. The maximum absolute atomic E-state index is 13.8. The number of methoxy groups -OCH3 is 2. The molecule has 6 heteroatoms. The van der Waals surface area contributed by atoms with Gasteiger partial charge in [-0.3, -0.25) is 4.79 Å². The fraction of sp³-hybridized carbons (Fsp3) is 0.462. The van der Waals surface area contributed by atoms with Crippen molar-refractivity contribution in [1.29, 1.82) is 0 Å². The molecule has 1 saturated heterocycles. The van der Waals surface area contributed by atoms with Gasteiger partial charge in [-0.2, -0.15) is 0 Å². The van der Waals surface area contributed by atoms with Gasteiger partial charge in [0.15, 0.2) is 11.6 Å². The first kappa shape index (κ1) is 14.1. The summed E-state index contributed by atoms with van der Waals surface area (Å²) in [6, 6.07) is 2.74. The van der Waals surface area contributed by atoms with Gasteiger partial charge in [0.2, 0.25) is 5.91 Å². The zero-order chi connectivity index (χ0) is 14.0. The lowest BCUT2D eigenvalue weighted by atomic mass is 10.2. The highest BCUT2D eigenvalue weighted by Gasteiger charge is 2.32. The molecule has 0 saturated carbocycles. The van der Waals surface area contributed by atoms with Crippen LogP contribution in [-0.2, 0) is 4.79 Å². The molecule has 1 fully saturated rings. The predicted octanol–water partition coefficient (Wildman–Crippen LogP) is 2.59. The number of carbonyl (C=O) groups excluding carboxylic acids is 1. The van der Waals surface area contributed by atoms with E-state index < -0.39 is 5.82 Å². The number of hydrogen-bond donors (Lipinski definition) is 0. The van der Waals surface area contributed by atoms with E-state index in [2.05, 4.69) is 15.9 Å². The second-order valence-corrected chi connectivity index (χ2v) is 5.03. The Bertz CT molecular complexity index is 495. The summed E-state index contributed by atoms with van der Waals surface area (Å²) in [5.74, 6) is 0.245. The van der Waals surface area contributed by atoms with E-state index in [9.17, 15) is 9.18 Å². The summed E-state index contributed by atoms with van der Waals surface area (Å²) in [4.78, 5) is 13.5. The molecule has 1 aliphatic heterocycles. The summed E-state index contributed by atoms with van der Waals surface area (Å²) >= 11 is 3.37. The summed E-state index contributed by atoms with van der Waals surface area (Å²) in [6.07, 6.45) is 0.460. The van der Waals surface area contributed by atoms with Gasteiger partial charge >= 0.3 is 0 Å². The lowest BCUT2D eigenvalue weighted by molar-refractivity contribution is -0.117. The molecule has 0 aliphatic carbocycles. The van der Waals surface area contributed by atoms with Crippen molar-refractivity contribution >= 4 is 27.5 Å². The Labute approximate surface area is 119 Å². The van der Waals surface area contributed by atoms with E-state index >= 15 is 0 Å². The maximum atomic E-state index is 13.8. The smallest absolute Gasteiger partial charge is 0.227 e. The molecule has 104 valence electrons. The molecule has 0 bridgehead atoms. The number of halogens is 2. The number of hydrogen-bond acceptors (Lipinski definition) is 3. The van der Waals surface area contributed by atoms with Crippen molar-refractivity contribution in [2.24, 2.45) is 5.92 Å². The first-order valence-corrected chi connectivity index (χ1v) is 7.00. The minimum Gasteiger partial charge on any atom is -0.494 e. The van der Waals surface area contributed by atoms with Gasteiger partial charge in [0, 0.05) is 30.4 Å². The molecule has 0 aromatic heterocycles. The standard InChI is InChI=1S/C13H15BrFNO3/c1-18-11-5-12(19-2)10(4-9(11)15)16-7-8(6-14)3-13(16)17/h4-5,8H,3,6-7H2,1-2H3. The molecule has 1 heterocycles. The Balaban J connectivity index is 2.39. The van der Waals surface area contributed by atoms with Crippen molar-refractivity contribution in [3.8, 4) is 11.5 Å². The van der Waals surface area contributed by atoms with Gasteiger partial charge in [0.25, 0.3) is 0 Å². The highest BCUT2D eigenvalue weighted by Crippen LogP contribution is 2.37. The molecule has 1 atom stereocenters. The van der Waals surface area contributed by atoms with Crippen LogP contribution < -0.4 is 14.4 Å². The monoisotopic (exact) mass is 331 g/mol. The Kier molecular flexibility index (Phi) is 4.29. The number of anilines is 1. The Morgan fingerprint density at radius 3 is 2.58 bits per heavy atom. The van der Waals surface area contributed by atoms with E-state index in [-0.39, 0.29) is 17.6 Å². The number of alkyl halides is 1. The van der Waals surface area contributed by atoms with Crippen molar-refractivity contribution < 1.29 is 18.7 Å². The van der Waals surface area contributed by atoms with E-state index in [0.717, 1.165) is 5.33 Å². The summed E-state index contributed by atoms with van der Waals surface area (Å²) in [6.45, 7) is 0.562. The Morgan fingerprint density at radius 2 is 2.05 bits per heavy atom. The van der Waals surface area contributed by atoms with E-state index in [1.807, 2.05) is 0 Å². The summed E-state index contributed by atoms with van der Waals surface area (Å²) < 4.78 is 23.9. The zero-order valence-corrected chi connectivity index (χ0v) is 12.4. The molecule has 4 nitrogen and oxygen atoms in total. The topological polar surface area (TPSA) is 38.8 Å². The zero-order valence-electron chi connectivity index (χ0n) is 10.8. The van der Waals surface area contributed by atoms with E-state index in [4.69, 9.17) is 9.47 Å². The number of amides is 1. The molecule has 19 heavy (non-hydrogen) atoms. The summed E-state index contributed by atoms with van der Waals surface area (Å²) in [5.41, 5.74) is 0.453. The molecule has 1 aromatic rings. The van der Waals surface area contributed by atoms with Crippen LogP contribution in [0, 0.1) is 11.7 Å². The van der Waals surface area contributed by atoms with Gasteiger partial charge in [-0.1, -0.05) is 15.9 Å². The molecule has 1 aliphatic rings. The highest BCUT2D eigenvalue weighted by atomic mass is 79.9. The SMILES string of the molecule is COc1cc(OC)c(N2CC(CBr)CC2=O)cc1F. The minimum absolute atomic E-state index is 0.0210. The van der Waals surface area contributed by atoms with Gasteiger partial charge in [0.05, 0.1) is 19.9 Å². The number of ether oxygens (including phenoxy) is 2. The number of rotatable bonds is 4. The average Bonchev–Trinajstić information content (AvgIpc) is 2.79. The van der Waals surface area contributed by atoms with Gasteiger partial charge < -0.3 is 14.4 Å². The largest absolute Gasteiger partial charge is 0.494 e. The normalized spacial score (nSPS) is 18.8. The highest BCUT2D eigenvalue weighted by molar-refractivity contribution is 9.09. The van der Waals surface area contributed by atoms with Crippen LogP contribution in [0.1, 0.15) is 6.42 Å². The van der Waals surface area contributed by atoms with E-state index in [0.29, 0.717) is 24.4 Å². The summed E-state index contributed by atoms with van der Waals surface area (Å²) in [7, 11) is 2.87. The van der Waals surface area contributed by atoms with Crippen molar-refractivity contribution in [2.75, 3.05) is 31.0 Å². The van der Waals surface area contributed by atoms with Crippen molar-refractivity contribution in [2.45, 2.75) is 6.42 Å². The number of benzene rings is 1. The van der Waals surface area contributed by atoms with Gasteiger partial charge in [-0.25, -0.2) is 4.39 Å². The second-order valence-electron chi connectivity index (χ2n) is 4.39. The van der Waals surface area contributed by atoms with Crippen molar-refractivity contribution in [3.05, 3.63) is 17.9 Å². The van der Waals surface area contributed by atoms with Crippen molar-refractivity contribution in [3.63, 3.8) is 0 Å². The average molecular weight is 332 g/mol. The molecule has 1 amide bonds. The molecular formula is C13H15BrFNO3. The summed E-state index contributed by atoms with van der Waals surface area (Å²) in [5, 5.41) is 0.746. The van der Waals surface area contributed by atoms with E-state index in [1.54, 1.807) is 4.90 Å². The molecule has 1 unspecified atom stereocenters. The molecule has 2 rings (SSSR count). The predicted molar refractivity (Wildman–Crippen MR) is 73.8 cm³/mol. The second kappa shape index (κ2) is 5.77. The Morgan fingerprint density at radius 1 is 1.37 bits per heavy atom. The van der Waals surface area contributed by atoms with Crippen LogP contribution in [-0.4, -0.2) is 32.0 Å². The minimum atomic E-state index is -0.506. The molecule has 0 spiro atoms. The van der Waals surface area contributed by atoms with Crippen LogP contribution in [0.5, 0.6) is 11.5 Å². The maximum Gasteiger partial charge on any atom is 0.227 e. The fourth-order valence-electron chi connectivity index (χ4n) is 2.17. The van der Waals surface area contributed by atoms with Crippen LogP contribution in [0.25, 0.3) is 0 Å². The van der Waals surface area contributed by atoms with Crippen LogP contribution in [0.3, 0.4) is 0 Å². The first-order valence-electron chi connectivity index (χ1n) is 5.88. The number of carbonyl (C=O) groups is 1. The van der Waals surface area contributed by atoms with Crippen LogP contribution >= 0.6 is 15.9 Å². The van der Waals surface area contributed by atoms with Crippen LogP contribution in [0.2, 0.25) is 0 Å². The third-order valence-electron chi connectivity index (χ3n) is 3.17.